The van der Waals surface area contributed by atoms with Gasteiger partial charge in [0.2, 0.25) is 0 Å². The number of hydrogen-bond donors (Lipinski definition) is 1. The van der Waals surface area contributed by atoms with Gasteiger partial charge in [0.05, 0.1) is 6.04 Å². The second kappa shape index (κ2) is 5.90. The summed E-state index contributed by atoms with van der Waals surface area (Å²) in [5, 5.41) is 3.90. The summed E-state index contributed by atoms with van der Waals surface area (Å²) in [7, 11) is 0. The van der Waals surface area contributed by atoms with Crippen molar-refractivity contribution in [3.05, 3.63) is 70.2 Å². The molecule has 2 nitrogen and oxygen atoms in total. The van der Waals surface area contributed by atoms with E-state index < -0.39 is 0 Å². The lowest BCUT2D eigenvalue weighted by Crippen LogP contribution is -2.29. The molecule has 0 saturated heterocycles. The molecule has 2 aromatic rings. The summed E-state index contributed by atoms with van der Waals surface area (Å²) in [5.41, 5.74) is 2.94. The highest BCUT2D eigenvalue weighted by atomic mass is 35.5. The normalized spacial score (nSPS) is 15.5. The lowest BCUT2D eigenvalue weighted by molar-refractivity contribution is 0.0931. The highest BCUT2D eigenvalue weighted by molar-refractivity contribution is 6.30. The Morgan fingerprint density at radius 2 is 1.90 bits per heavy atom. The van der Waals surface area contributed by atoms with E-state index >= 15 is 0 Å². The van der Waals surface area contributed by atoms with Gasteiger partial charge in [0.15, 0.2) is 0 Å². The summed E-state index contributed by atoms with van der Waals surface area (Å²) in [6.07, 6.45) is 2.34. The van der Waals surface area contributed by atoms with Crippen LogP contribution < -0.4 is 5.32 Å². The highest BCUT2D eigenvalue weighted by Gasteiger charge is 2.33. The van der Waals surface area contributed by atoms with Crippen LogP contribution in [0.1, 0.15) is 40.4 Å². The Bertz CT molecular complexity index is 647. The number of rotatable bonds is 4. The van der Waals surface area contributed by atoms with Crippen molar-refractivity contribution >= 4 is 17.5 Å². The molecule has 3 heteroatoms. The van der Waals surface area contributed by atoms with Crippen molar-refractivity contribution in [1.29, 1.82) is 0 Å². The minimum Gasteiger partial charge on any atom is -0.345 e. The molecule has 1 unspecified atom stereocenters. The molecule has 0 aliphatic heterocycles. The van der Waals surface area contributed by atoms with E-state index in [2.05, 4.69) is 5.32 Å². The molecule has 1 saturated carbocycles. The van der Waals surface area contributed by atoms with Crippen LogP contribution in [0.3, 0.4) is 0 Å². The Hall–Kier alpha value is -1.80. The van der Waals surface area contributed by atoms with Crippen molar-refractivity contribution in [2.75, 3.05) is 0 Å². The number of hydrogen-bond acceptors (Lipinski definition) is 1. The molecule has 3 rings (SSSR count). The molecule has 1 amide bonds. The summed E-state index contributed by atoms with van der Waals surface area (Å²) in [6.45, 7) is 1.99. The first-order chi connectivity index (χ1) is 10.1. The molecule has 1 atom stereocenters. The average Bonchev–Trinajstić information content (AvgIpc) is 3.30. The third-order valence-electron chi connectivity index (χ3n) is 3.89. The minimum absolute atomic E-state index is 0.00875. The van der Waals surface area contributed by atoms with Gasteiger partial charge in [0.1, 0.15) is 0 Å². The van der Waals surface area contributed by atoms with Crippen LogP contribution in [-0.4, -0.2) is 5.91 Å². The molecule has 0 spiro atoms. The average molecular weight is 300 g/mol. The lowest BCUT2D eigenvalue weighted by atomic mass is 10.0. The number of halogens is 1. The summed E-state index contributed by atoms with van der Waals surface area (Å²) >= 11 is 5.94. The van der Waals surface area contributed by atoms with Gasteiger partial charge in [0, 0.05) is 10.6 Å². The van der Waals surface area contributed by atoms with E-state index in [9.17, 15) is 4.79 Å². The fraction of sp³-hybridized carbons (Fsp3) is 0.278. The Labute approximate surface area is 130 Å². The van der Waals surface area contributed by atoms with Gasteiger partial charge in [-0.05, 0) is 55.5 Å². The number of carbonyl (C=O) groups excluding carboxylic acids is 1. The van der Waals surface area contributed by atoms with Gasteiger partial charge in [-0.3, -0.25) is 4.79 Å². The molecule has 0 aromatic heterocycles. The monoisotopic (exact) mass is 299 g/mol. The largest absolute Gasteiger partial charge is 0.345 e. The summed E-state index contributed by atoms with van der Waals surface area (Å²) in [5.74, 6) is 0.533. The molecule has 2 aromatic carbocycles. The standard InChI is InChI=1S/C18H18ClNO/c1-12-3-2-4-15(11-12)18(21)20-17(13-5-6-13)14-7-9-16(19)10-8-14/h2-4,7-11,13,17H,5-6H2,1H3,(H,20,21). The van der Waals surface area contributed by atoms with Crippen molar-refractivity contribution in [2.24, 2.45) is 5.92 Å². The Morgan fingerprint density at radius 1 is 1.19 bits per heavy atom. The molecule has 1 fully saturated rings. The molecule has 1 aliphatic rings. The van der Waals surface area contributed by atoms with Crippen LogP contribution in [0, 0.1) is 12.8 Å². The van der Waals surface area contributed by atoms with Gasteiger partial charge in [-0.1, -0.05) is 41.4 Å². The Morgan fingerprint density at radius 3 is 2.52 bits per heavy atom. The van der Waals surface area contributed by atoms with Gasteiger partial charge in [0.25, 0.3) is 5.91 Å². The van der Waals surface area contributed by atoms with E-state index in [4.69, 9.17) is 11.6 Å². The predicted octanol–water partition coefficient (Wildman–Crippen LogP) is 4.53. The maximum Gasteiger partial charge on any atom is 0.251 e. The fourth-order valence-electron chi connectivity index (χ4n) is 2.58. The van der Waals surface area contributed by atoms with E-state index in [1.807, 2.05) is 55.5 Å². The zero-order valence-electron chi connectivity index (χ0n) is 12.0. The van der Waals surface area contributed by atoms with Crippen molar-refractivity contribution in [2.45, 2.75) is 25.8 Å². The number of aryl methyl sites for hydroxylation is 1. The van der Waals surface area contributed by atoms with E-state index in [1.165, 1.54) is 12.8 Å². The third-order valence-corrected chi connectivity index (χ3v) is 4.14. The summed E-state index contributed by atoms with van der Waals surface area (Å²) in [6, 6.07) is 15.5. The van der Waals surface area contributed by atoms with Gasteiger partial charge in [-0.2, -0.15) is 0 Å². The van der Waals surface area contributed by atoms with Gasteiger partial charge >= 0.3 is 0 Å². The molecule has 108 valence electrons. The first-order valence-corrected chi connectivity index (χ1v) is 7.64. The molecule has 1 aliphatic carbocycles. The zero-order chi connectivity index (χ0) is 14.8. The quantitative estimate of drug-likeness (QED) is 0.883. The van der Waals surface area contributed by atoms with Crippen molar-refractivity contribution < 1.29 is 4.79 Å². The van der Waals surface area contributed by atoms with Gasteiger partial charge < -0.3 is 5.32 Å². The molecule has 0 radical (unpaired) electrons. The third kappa shape index (κ3) is 3.45. The first-order valence-electron chi connectivity index (χ1n) is 7.26. The molecule has 1 N–H and O–H groups in total. The minimum atomic E-state index is -0.00875. The van der Waals surface area contributed by atoms with Gasteiger partial charge in [-0.15, -0.1) is 0 Å². The number of nitrogens with one attached hydrogen (secondary N) is 1. The molecular formula is C18H18ClNO. The number of carbonyl (C=O) groups is 1. The van der Waals surface area contributed by atoms with Crippen LogP contribution in [0.5, 0.6) is 0 Å². The first kappa shape index (κ1) is 14.2. The van der Waals surface area contributed by atoms with Crippen LogP contribution in [0.25, 0.3) is 0 Å². The van der Waals surface area contributed by atoms with E-state index in [1.54, 1.807) is 0 Å². The highest BCUT2D eigenvalue weighted by Crippen LogP contribution is 2.41. The maximum absolute atomic E-state index is 12.4. The van der Waals surface area contributed by atoms with Crippen molar-refractivity contribution in [3.8, 4) is 0 Å². The van der Waals surface area contributed by atoms with E-state index in [-0.39, 0.29) is 11.9 Å². The Kier molecular flexibility index (Phi) is 3.98. The second-order valence-electron chi connectivity index (χ2n) is 5.71. The number of benzene rings is 2. The number of amides is 1. The van der Waals surface area contributed by atoms with Crippen LogP contribution in [0.2, 0.25) is 5.02 Å². The van der Waals surface area contributed by atoms with Crippen LogP contribution in [0.15, 0.2) is 48.5 Å². The summed E-state index contributed by atoms with van der Waals surface area (Å²) in [4.78, 5) is 12.4. The van der Waals surface area contributed by atoms with Crippen LogP contribution in [0.4, 0.5) is 0 Å². The SMILES string of the molecule is Cc1cccc(C(=O)NC(c2ccc(Cl)cc2)C2CC2)c1. The van der Waals surface area contributed by atoms with Gasteiger partial charge in [-0.25, -0.2) is 0 Å². The predicted molar refractivity (Wildman–Crippen MR) is 85.6 cm³/mol. The smallest absolute Gasteiger partial charge is 0.251 e. The Balaban J connectivity index is 1.79. The molecule has 21 heavy (non-hydrogen) atoms. The van der Waals surface area contributed by atoms with Crippen LogP contribution in [-0.2, 0) is 0 Å². The lowest BCUT2D eigenvalue weighted by Gasteiger charge is -2.19. The molecular weight excluding hydrogens is 282 g/mol. The zero-order valence-corrected chi connectivity index (χ0v) is 12.7. The van der Waals surface area contributed by atoms with E-state index in [0.29, 0.717) is 5.92 Å². The topological polar surface area (TPSA) is 29.1 Å². The van der Waals surface area contributed by atoms with Crippen LogP contribution >= 0.6 is 11.6 Å². The fourth-order valence-corrected chi connectivity index (χ4v) is 2.71. The van der Waals surface area contributed by atoms with E-state index in [0.717, 1.165) is 21.7 Å². The summed E-state index contributed by atoms with van der Waals surface area (Å²) < 4.78 is 0. The molecule has 0 bridgehead atoms. The second-order valence-corrected chi connectivity index (χ2v) is 6.15. The van der Waals surface area contributed by atoms with Crippen molar-refractivity contribution in [3.63, 3.8) is 0 Å². The van der Waals surface area contributed by atoms with Crippen molar-refractivity contribution in [1.82, 2.24) is 5.32 Å². The molecule has 0 heterocycles. The maximum atomic E-state index is 12.4.